The van der Waals surface area contributed by atoms with E-state index in [0.717, 1.165) is 0 Å². The van der Waals surface area contributed by atoms with E-state index in [-0.39, 0.29) is 11.1 Å². The zero-order valence-electron chi connectivity index (χ0n) is 8.40. The van der Waals surface area contributed by atoms with Crippen LogP contribution in [0.2, 0.25) is 5.28 Å². The summed E-state index contributed by atoms with van der Waals surface area (Å²) in [5.41, 5.74) is 6.60. The van der Waals surface area contributed by atoms with Gasteiger partial charge in [0, 0.05) is 5.39 Å². The molecule has 6 heteroatoms. The SMILES string of the molecule is COc1cc2c(N)nc(Cl)nc2cc1C=O. The fourth-order valence-corrected chi connectivity index (χ4v) is 1.62. The van der Waals surface area contributed by atoms with Gasteiger partial charge in [-0.15, -0.1) is 0 Å². The lowest BCUT2D eigenvalue weighted by atomic mass is 10.1. The third kappa shape index (κ3) is 1.65. The second-order valence-electron chi connectivity index (χ2n) is 3.11. The van der Waals surface area contributed by atoms with Gasteiger partial charge in [0.05, 0.1) is 18.2 Å². The van der Waals surface area contributed by atoms with E-state index in [1.54, 1.807) is 12.1 Å². The highest BCUT2D eigenvalue weighted by Gasteiger charge is 2.09. The monoisotopic (exact) mass is 237 g/mol. The number of rotatable bonds is 2. The molecule has 0 aliphatic heterocycles. The molecule has 0 radical (unpaired) electrons. The third-order valence-corrected chi connectivity index (χ3v) is 2.35. The van der Waals surface area contributed by atoms with Gasteiger partial charge in [-0.25, -0.2) is 9.97 Å². The van der Waals surface area contributed by atoms with E-state index in [1.165, 1.54) is 7.11 Å². The largest absolute Gasteiger partial charge is 0.496 e. The van der Waals surface area contributed by atoms with Crippen molar-refractivity contribution < 1.29 is 9.53 Å². The minimum absolute atomic E-state index is 0.0482. The molecule has 1 heterocycles. The molecule has 0 aliphatic carbocycles. The molecule has 1 aromatic heterocycles. The molecule has 0 unspecified atom stereocenters. The van der Waals surface area contributed by atoms with Crippen LogP contribution in [0.4, 0.5) is 5.82 Å². The number of aldehydes is 1. The van der Waals surface area contributed by atoms with Crippen molar-refractivity contribution in [3.63, 3.8) is 0 Å². The molecule has 0 saturated carbocycles. The summed E-state index contributed by atoms with van der Waals surface area (Å²) >= 11 is 5.67. The predicted molar refractivity (Wildman–Crippen MR) is 60.9 cm³/mol. The van der Waals surface area contributed by atoms with Crippen molar-refractivity contribution in [2.75, 3.05) is 12.8 Å². The summed E-state index contributed by atoms with van der Waals surface area (Å²) in [6.07, 6.45) is 0.685. The highest BCUT2D eigenvalue weighted by molar-refractivity contribution is 6.28. The van der Waals surface area contributed by atoms with Gasteiger partial charge in [-0.1, -0.05) is 0 Å². The molecule has 5 nitrogen and oxygen atoms in total. The average Bonchev–Trinajstić information content (AvgIpc) is 2.27. The molecular weight excluding hydrogens is 230 g/mol. The van der Waals surface area contributed by atoms with Crippen molar-refractivity contribution in [3.8, 4) is 5.75 Å². The summed E-state index contributed by atoms with van der Waals surface area (Å²) < 4.78 is 5.05. The second-order valence-corrected chi connectivity index (χ2v) is 3.45. The van der Waals surface area contributed by atoms with E-state index in [2.05, 4.69) is 9.97 Å². The number of fused-ring (bicyclic) bond motifs is 1. The first kappa shape index (κ1) is 10.6. The molecule has 0 amide bonds. The van der Waals surface area contributed by atoms with Crippen LogP contribution < -0.4 is 10.5 Å². The quantitative estimate of drug-likeness (QED) is 0.635. The number of nitrogens with two attached hydrogens (primary N) is 1. The molecule has 0 spiro atoms. The minimum atomic E-state index is 0.0482. The number of carbonyl (C=O) groups is 1. The molecule has 0 bridgehead atoms. The number of ether oxygens (including phenoxy) is 1. The van der Waals surface area contributed by atoms with E-state index < -0.39 is 0 Å². The highest BCUT2D eigenvalue weighted by atomic mass is 35.5. The minimum Gasteiger partial charge on any atom is -0.496 e. The van der Waals surface area contributed by atoms with E-state index in [9.17, 15) is 4.79 Å². The Labute approximate surface area is 96.2 Å². The maximum absolute atomic E-state index is 10.8. The van der Waals surface area contributed by atoms with Crippen molar-refractivity contribution in [3.05, 3.63) is 23.0 Å². The van der Waals surface area contributed by atoms with Crippen LogP contribution in [-0.4, -0.2) is 23.4 Å². The summed E-state index contributed by atoms with van der Waals surface area (Å²) in [5, 5.41) is 0.652. The van der Waals surface area contributed by atoms with Crippen molar-refractivity contribution in [2.45, 2.75) is 0 Å². The molecule has 0 saturated heterocycles. The summed E-state index contributed by atoms with van der Waals surface area (Å²) in [5.74, 6) is 0.686. The predicted octanol–water partition coefficient (Wildman–Crippen LogP) is 1.69. The standard InChI is InChI=1S/C10H8ClN3O2/c1-16-8-3-6-7(2-5(8)4-15)13-10(11)14-9(6)12/h2-4H,1H3,(H2,12,13,14). The molecule has 0 atom stereocenters. The normalized spacial score (nSPS) is 10.4. The number of halogens is 1. The number of hydrogen-bond acceptors (Lipinski definition) is 5. The Morgan fingerprint density at radius 2 is 2.19 bits per heavy atom. The first-order valence-corrected chi connectivity index (χ1v) is 4.79. The third-order valence-electron chi connectivity index (χ3n) is 2.18. The van der Waals surface area contributed by atoms with Crippen molar-refractivity contribution in [2.24, 2.45) is 0 Å². The zero-order valence-corrected chi connectivity index (χ0v) is 9.15. The number of aromatic nitrogens is 2. The summed E-state index contributed by atoms with van der Waals surface area (Å²) in [6, 6.07) is 3.18. The Hall–Kier alpha value is -1.88. The smallest absolute Gasteiger partial charge is 0.224 e. The molecule has 16 heavy (non-hydrogen) atoms. The van der Waals surface area contributed by atoms with E-state index in [4.69, 9.17) is 22.1 Å². The van der Waals surface area contributed by atoms with Gasteiger partial charge in [0.1, 0.15) is 11.6 Å². The van der Waals surface area contributed by atoms with Crippen LogP contribution in [-0.2, 0) is 0 Å². The Morgan fingerprint density at radius 3 is 2.81 bits per heavy atom. The maximum atomic E-state index is 10.8. The van der Waals surface area contributed by atoms with Crippen LogP contribution >= 0.6 is 11.6 Å². The number of benzene rings is 1. The average molecular weight is 238 g/mol. The molecular formula is C10H8ClN3O2. The summed E-state index contributed by atoms with van der Waals surface area (Å²) in [4.78, 5) is 18.6. The van der Waals surface area contributed by atoms with Gasteiger partial charge in [-0.3, -0.25) is 4.79 Å². The number of nitrogen functional groups attached to an aromatic ring is 1. The van der Waals surface area contributed by atoms with E-state index >= 15 is 0 Å². The van der Waals surface area contributed by atoms with E-state index in [0.29, 0.717) is 28.5 Å². The van der Waals surface area contributed by atoms with Crippen molar-refractivity contribution in [1.29, 1.82) is 0 Å². The van der Waals surface area contributed by atoms with Gasteiger partial charge in [0.25, 0.3) is 0 Å². The van der Waals surface area contributed by atoms with Crippen LogP contribution in [0.25, 0.3) is 10.9 Å². The highest BCUT2D eigenvalue weighted by Crippen LogP contribution is 2.27. The van der Waals surface area contributed by atoms with Gasteiger partial charge >= 0.3 is 0 Å². The van der Waals surface area contributed by atoms with Crippen molar-refractivity contribution >= 4 is 34.6 Å². The first-order valence-electron chi connectivity index (χ1n) is 4.41. The van der Waals surface area contributed by atoms with Crippen molar-refractivity contribution in [1.82, 2.24) is 9.97 Å². The topological polar surface area (TPSA) is 78.1 Å². The lowest BCUT2D eigenvalue weighted by Crippen LogP contribution is -1.98. The molecule has 2 N–H and O–H groups in total. The fourth-order valence-electron chi connectivity index (χ4n) is 1.44. The van der Waals surface area contributed by atoms with Crippen LogP contribution in [0.1, 0.15) is 10.4 Å². The zero-order chi connectivity index (χ0) is 11.7. The number of methoxy groups -OCH3 is 1. The second kappa shape index (κ2) is 3.94. The molecule has 2 rings (SSSR count). The number of nitrogens with zero attached hydrogens (tertiary/aromatic N) is 2. The molecule has 0 aliphatic rings. The number of hydrogen-bond donors (Lipinski definition) is 1. The van der Waals surface area contributed by atoms with Crippen LogP contribution in [0.3, 0.4) is 0 Å². The Bertz CT molecular complexity index is 571. The molecule has 0 fully saturated rings. The van der Waals surface area contributed by atoms with Gasteiger partial charge in [-0.2, -0.15) is 0 Å². The molecule has 1 aromatic carbocycles. The fraction of sp³-hybridized carbons (Fsp3) is 0.100. The van der Waals surface area contributed by atoms with Gasteiger partial charge in [0.2, 0.25) is 5.28 Å². The number of anilines is 1. The maximum Gasteiger partial charge on any atom is 0.224 e. The van der Waals surface area contributed by atoms with Gasteiger partial charge in [0.15, 0.2) is 6.29 Å². The van der Waals surface area contributed by atoms with E-state index in [1.807, 2.05) is 0 Å². The Balaban J connectivity index is 2.83. The summed E-state index contributed by atoms with van der Waals surface area (Å²) in [6.45, 7) is 0. The van der Waals surface area contributed by atoms with Crippen LogP contribution in [0.15, 0.2) is 12.1 Å². The van der Waals surface area contributed by atoms with Gasteiger partial charge < -0.3 is 10.5 Å². The Kier molecular flexibility index (Phi) is 2.62. The van der Waals surface area contributed by atoms with Crippen LogP contribution in [0.5, 0.6) is 5.75 Å². The summed E-state index contributed by atoms with van der Waals surface area (Å²) in [7, 11) is 1.47. The van der Waals surface area contributed by atoms with Gasteiger partial charge in [-0.05, 0) is 23.7 Å². The molecule has 2 aromatic rings. The first-order chi connectivity index (χ1) is 7.65. The molecule has 82 valence electrons. The number of carbonyl (C=O) groups excluding carboxylic acids is 1. The lowest BCUT2D eigenvalue weighted by molar-refractivity contribution is 0.112. The lowest BCUT2D eigenvalue weighted by Gasteiger charge is -2.07. The van der Waals surface area contributed by atoms with Crippen LogP contribution in [0, 0.1) is 0 Å². The Morgan fingerprint density at radius 1 is 1.44 bits per heavy atom.